The van der Waals surface area contributed by atoms with E-state index in [1.807, 2.05) is 79.0 Å². The lowest BCUT2D eigenvalue weighted by molar-refractivity contribution is -0.123. The number of ether oxygens (including phenoxy) is 1. The Hall–Kier alpha value is -2.05. The van der Waals surface area contributed by atoms with Gasteiger partial charge in [-0.1, -0.05) is 36.4 Å². The summed E-state index contributed by atoms with van der Waals surface area (Å²) in [5.74, 6) is 3.67. The third-order valence-electron chi connectivity index (χ3n) is 4.40. The number of nitrogens with one attached hydrogen (secondary N) is 1. The van der Waals surface area contributed by atoms with Crippen molar-refractivity contribution in [1.29, 1.82) is 0 Å². The van der Waals surface area contributed by atoms with E-state index in [0.717, 1.165) is 39.5 Å². The molecule has 0 radical (unpaired) electrons. The highest BCUT2D eigenvalue weighted by Crippen LogP contribution is 2.48. The van der Waals surface area contributed by atoms with Crippen molar-refractivity contribution in [2.45, 2.75) is 17.5 Å². The molecule has 0 unspecified atom stereocenters. The van der Waals surface area contributed by atoms with Crippen molar-refractivity contribution in [3.05, 3.63) is 65.9 Å². The van der Waals surface area contributed by atoms with Gasteiger partial charge < -0.3 is 14.5 Å². The number of benzene rings is 2. The molecule has 140 valence electrons. The second-order valence-corrected chi connectivity index (χ2v) is 9.10. The van der Waals surface area contributed by atoms with E-state index >= 15 is 0 Å². The van der Waals surface area contributed by atoms with Crippen molar-refractivity contribution >= 4 is 40.4 Å². The van der Waals surface area contributed by atoms with Crippen LogP contribution in [-0.4, -0.2) is 24.0 Å². The van der Waals surface area contributed by atoms with Crippen molar-refractivity contribution in [2.75, 3.05) is 18.1 Å². The molecule has 27 heavy (non-hydrogen) atoms. The predicted molar refractivity (Wildman–Crippen MR) is 112 cm³/mol. The zero-order valence-electron chi connectivity index (χ0n) is 15.0. The standard InChI is InChI=1S/C21H21NO3S2/c1-14(19-12-15-6-2-4-8-17(15)25-19)22-20(23)13-24-18-9-5-3-7-16(18)21-26-10-11-27-21/h2-9,12,14,21H,10-11,13H2,1H3,(H,22,23)/t14-/m0/s1. The number of amides is 1. The molecule has 2 heterocycles. The number of hydrogen-bond donors (Lipinski definition) is 1. The molecule has 1 amide bonds. The Bertz CT molecular complexity index is 901. The van der Waals surface area contributed by atoms with E-state index in [2.05, 4.69) is 11.4 Å². The van der Waals surface area contributed by atoms with Crippen LogP contribution in [0.1, 0.15) is 28.9 Å². The van der Waals surface area contributed by atoms with E-state index in [9.17, 15) is 4.79 Å². The van der Waals surface area contributed by atoms with Crippen molar-refractivity contribution in [3.63, 3.8) is 0 Å². The largest absolute Gasteiger partial charge is 0.483 e. The maximum Gasteiger partial charge on any atom is 0.258 e. The predicted octanol–water partition coefficient (Wildman–Crippen LogP) is 5.17. The molecule has 4 nitrogen and oxygen atoms in total. The van der Waals surface area contributed by atoms with Crippen LogP contribution in [0, 0.1) is 0 Å². The van der Waals surface area contributed by atoms with Crippen LogP contribution < -0.4 is 10.1 Å². The van der Waals surface area contributed by atoms with E-state index in [4.69, 9.17) is 9.15 Å². The molecule has 4 rings (SSSR count). The first-order valence-corrected chi connectivity index (χ1v) is 11.0. The Morgan fingerprint density at radius 3 is 2.74 bits per heavy atom. The van der Waals surface area contributed by atoms with Crippen LogP contribution in [0.4, 0.5) is 0 Å². The van der Waals surface area contributed by atoms with Gasteiger partial charge in [0.25, 0.3) is 5.91 Å². The summed E-state index contributed by atoms with van der Waals surface area (Å²) in [6.45, 7) is 1.90. The molecule has 3 aromatic rings. The number of carbonyl (C=O) groups is 1. The molecule has 1 aliphatic rings. The van der Waals surface area contributed by atoms with Gasteiger partial charge in [-0.3, -0.25) is 4.79 Å². The van der Waals surface area contributed by atoms with Crippen LogP contribution in [0.25, 0.3) is 11.0 Å². The van der Waals surface area contributed by atoms with Crippen molar-refractivity contribution in [2.24, 2.45) is 0 Å². The summed E-state index contributed by atoms with van der Waals surface area (Å²) in [5.41, 5.74) is 1.98. The highest BCUT2D eigenvalue weighted by molar-refractivity contribution is 8.19. The summed E-state index contributed by atoms with van der Waals surface area (Å²) < 4.78 is 12.0. The van der Waals surface area contributed by atoms with Crippen molar-refractivity contribution < 1.29 is 13.9 Å². The van der Waals surface area contributed by atoms with Gasteiger partial charge in [0, 0.05) is 22.5 Å². The smallest absolute Gasteiger partial charge is 0.258 e. The maximum absolute atomic E-state index is 12.4. The minimum absolute atomic E-state index is 0.0103. The molecule has 1 aliphatic heterocycles. The molecule has 1 atom stereocenters. The molecule has 2 aromatic carbocycles. The summed E-state index contributed by atoms with van der Waals surface area (Å²) in [6.07, 6.45) is 0. The molecule has 1 saturated heterocycles. The fourth-order valence-electron chi connectivity index (χ4n) is 3.06. The zero-order valence-corrected chi connectivity index (χ0v) is 16.6. The van der Waals surface area contributed by atoms with Gasteiger partial charge in [-0.05, 0) is 25.1 Å². The average molecular weight is 400 g/mol. The Labute approximate surface area is 167 Å². The van der Waals surface area contributed by atoms with E-state index < -0.39 is 0 Å². The fourth-order valence-corrected chi connectivity index (χ4v) is 5.97. The molecule has 1 N–H and O–H groups in total. The summed E-state index contributed by atoms with van der Waals surface area (Å²) in [5, 5.41) is 3.98. The van der Waals surface area contributed by atoms with Crippen LogP contribution in [0.5, 0.6) is 5.75 Å². The molecule has 1 aromatic heterocycles. The molecule has 1 fully saturated rings. The molecule has 0 spiro atoms. The Balaban J connectivity index is 1.37. The first kappa shape index (κ1) is 18.3. The van der Waals surface area contributed by atoms with Crippen LogP contribution in [0.15, 0.2) is 59.0 Å². The lowest BCUT2D eigenvalue weighted by Gasteiger charge is -2.16. The second kappa shape index (κ2) is 8.31. The topological polar surface area (TPSA) is 51.5 Å². The van der Waals surface area contributed by atoms with Gasteiger partial charge in [-0.15, -0.1) is 23.5 Å². The molecular weight excluding hydrogens is 378 g/mol. The third-order valence-corrected chi connectivity index (χ3v) is 7.47. The lowest BCUT2D eigenvalue weighted by atomic mass is 10.2. The van der Waals surface area contributed by atoms with Gasteiger partial charge in [-0.2, -0.15) is 0 Å². The van der Waals surface area contributed by atoms with E-state index in [-0.39, 0.29) is 18.6 Å². The van der Waals surface area contributed by atoms with Gasteiger partial charge in [0.2, 0.25) is 0 Å². The lowest BCUT2D eigenvalue weighted by Crippen LogP contribution is -2.31. The van der Waals surface area contributed by atoms with Gasteiger partial charge in [0.05, 0.1) is 10.6 Å². The van der Waals surface area contributed by atoms with E-state index in [1.165, 1.54) is 0 Å². The first-order valence-electron chi connectivity index (χ1n) is 8.93. The van der Waals surface area contributed by atoms with E-state index in [1.54, 1.807) is 0 Å². The number of rotatable bonds is 6. The summed E-state index contributed by atoms with van der Waals surface area (Å²) in [6, 6.07) is 17.5. The monoisotopic (exact) mass is 399 g/mol. The second-order valence-electron chi connectivity index (χ2n) is 6.38. The first-order chi connectivity index (χ1) is 13.2. The number of para-hydroxylation sites is 2. The summed E-state index contributed by atoms with van der Waals surface area (Å²) >= 11 is 3.85. The van der Waals surface area contributed by atoms with Gasteiger partial charge in [0.15, 0.2) is 6.61 Å². The maximum atomic E-state index is 12.4. The highest BCUT2D eigenvalue weighted by atomic mass is 32.2. The van der Waals surface area contributed by atoms with E-state index in [0.29, 0.717) is 4.58 Å². The SMILES string of the molecule is C[C@H](NC(=O)COc1ccccc1C1SCCS1)c1cc2ccccc2o1. The Morgan fingerprint density at radius 2 is 1.93 bits per heavy atom. The number of hydrogen-bond acceptors (Lipinski definition) is 5. The van der Waals surface area contributed by atoms with Crippen molar-refractivity contribution in [1.82, 2.24) is 5.32 Å². The van der Waals surface area contributed by atoms with Crippen LogP contribution in [0.2, 0.25) is 0 Å². The number of carbonyl (C=O) groups excluding carboxylic acids is 1. The summed E-state index contributed by atoms with van der Waals surface area (Å²) in [7, 11) is 0. The van der Waals surface area contributed by atoms with Crippen LogP contribution >= 0.6 is 23.5 Å². The van der Waals surface area contributed by atoms with Gasteiger partial charge in [0.1, 0.15) is 17.1 Å². The normalized spacial score (nSPS) is 15.7. The Morgan fingerprint density at radius 1 is 1.19 bits per heavy atom. The minimum atomic E-state index is -0.218. The summed E-state index contributed by atoms with van der Waals surface area (Å²) in [4.78, 5) is 12.4. The Kier molecular flexibility index (Phi) is 5.64. The van der Waals surface area contributed by atoms with Crippen molar-refractivity contribution in [3.8, 4) is 5.75 Å². The zero-order chi connectivity index (χ0) is 18.6. The highest BCUT2D eigenvalue weighted by Gasteiger charge is 2.22. The van der Waals surface area contributed by atoms with Gasteiger partial charge >= 0.3 is 0 Å². The number of furan rings is 1. The molecule has 0 bridgehead atoms. The third kappa shape index (κ3) is 4.28. The number of thioether (sulfide) groups is 2. The number of fused-ring (bicyclic) bond motifs is 1. The molecule has 0 aliphatic carbocycles. The molecular formula is C21H21NO3S2. The molecule has 0 saturated carbocycles. The minimum Gasteiger partial charge on any atom is -0.483 e. The quantitative estimate of drug-likeness (QED) is 0.620. The fraction of sp³-hybridized carbons (Fsp3) is 0.286. The molecule has 6 heteroatoms. The van der Waals surface area contributed by atoms with Crippen LogP contribution in [-0.2, 0) is 4.79 Å². The average Bonchev–Trinajstić information content (AvgIpc) is 3.36. The van der Waals surface area contributed by atoms with Crippen LogP contribution in [0.3, 0.4) is 0 Å². The van der Waals surface area contributed by atoms with Gasteiger partial charge in [-0.25, -0.2) is 0 Å².